The van der Waals surface area contributed by atoms with Crippen LogP contribution >= 0.6 is 0 Å². The molecule has 0 aliphatic carbocycles. The highest BCUT2D eigenvalue weighted by molar-refractivity contribution is 6.10. The van der Waals surface area contributed by atoms with Crippen LogP contribution in [0.4, 0.5) is 0 Å². The van der Waals surface area contributed by atoms with Crippen molar-refractivity contribution in [2.24, 2.45) is 11.8 Å². The minimum absolute atomic E-state index is 0.117. The Kier molecular flexibility index (Phi) is 5.85. The number of fused-ring (bicyclic) bond motifs is 1. The van der Waals surface area contributed by atoms with Gasteiger partial charge in [0.2, 0.25) is 11.8 Å². The van der Waals surface area contributed by atoms with E-state index >= 15 is 0 Å². The van der Waals surface area contributed by atoms with Crippen LogP contribution in [0.3, 0.4) is 0 Å². The van der Waals surface area contributed by atoms with Gasteiger partial charge in [-0.15, -0.1) is 0 Å². The minimum atomic E-state index is -2.13. The molecule has 2 fully saturated rings. The van der Waals surface area contributed by atoms with Crippen molar-refractivity contribution in [3.05, 3.63) is 90.3 Å². The lowest BCUT2D eigenvalue weighted by Crippen LogP contribution is -2.56. The molecule has 3 N–H and O–H groups in total. The van der Waals surface area contributed by atoms with Crippen molar-refractivity contribution < 1.29 is 29.4 Å². The Bertz CT molecular complexity index is 1330. The van der Waals surface area contributed by atoms with E-state index in [4.69, 9.17) is 0 Å². The number of hydrogen-bond donors (Lipinski definition) is 3. The summed E-state index contributed by atoms with van der Waals surface area (Å²) in [4.78, 5) is 56.5. The highest BCUT2D eigenvalue weighted by Crippen LogP contribution is 2.50. The van der Waals surface area contributed by atoms with E-state index in [1.807, 2.05) is 42.5 Å². The van der Waals surface area contributed by atoms with Gasteiger partial charge in [-0.1, -0.05) is 60.7 Å². The molecule has 4 unspecified atom stereocenters. The van der Waals surface area contributed by atoms with Gasteiger partial charge in [0.25, 0.3) is 0 Å². The Hall–Kier alpha value is -4.37. The largest absolute Gasteiger partial charge is 0.481 e. The molecule has 0 radical (unpaired) electrons. The van der Waals surface area contributed by atoms with Crippen LogP contribution in [0.2, 0.25) is 0 Å². The monoisotopic (exact) mass is 485 g/mol. The third-order valence-electron chi connectivity index (χ3n) is 6.98. The topological polar surface area (TPSA) is 137 Å². The van der Waals surface area contributed by atoms with Crippen LogP contribution in [0.5, 0.6) is 0 Å². The number of aromatic nitrogens is 1. The first-order valence-corrected chi connectivity index (χ1v) is 11.5. The second-order valence-corrected chi connectivity index (χ2v) is 9.04. The summed E-state index contributed by atoms with van der Waals surface area (Å²) in [6, 6.07) is 21.1. The Balaban J connectivity index is 1.55. The van der Waals surface area contributed by atoms with Gasteiger partial charge in [-0.3, -0.25) is 34.4 Å². The highest BCUT2D eigenvalue weighted by atomic mass is 16.4. The first-order chi connectivity index (χ1) is 17.3. The third-order valence-corrected chi connectivity index (χ3v) is 6.98. The van der Waals surface area contributed by atoms with Gasteiger partial charge in [-0.25, -0.2) is 0 Å². The number of carboxylic acids is 2. The van der Waals surface area contributed by atoms with Crippen molar-refractivity contribution >= 4 is 23.8 Å². The van der Waals surface area contributed by atoms with Crippen molar-refractivity contribution in [1.29, 1.82) is 0 Å². The zero-order chi connectivity index (χ0) is 25.4. The Morgan fingerprint density at radius 2 is 1.56 bits per heavy atom. The van der Waals surface area contributed by atoms with Crippen molar-refractivity contribution in [1.82, 2.24) is 15.2 Å². The van der Waals surface area contributed by atoms with Gasteiger partial charge in [0.15, 0.2) is 0 Å². The molecule has 3 heterocycles. The molecular weight excluding hydrogens is 462 g/mol. The predicted octanol–water partition coefficient (Wildman–Crippen LogP) is 2.49. The number of benzene rings is 2. The molecule has 2 amide bonds. The molecule has 0 spiro atoms. The smallest absolute Gasteiger partial charge is 0.325 e. The molecule has 0 saturated carbocycles. The molecule has 3 aromatic rings. The summed E-state index contributed by atoms with van der Waals surface area (Å²) in [7, 11) is 0. The number of likely N-dealkylation sites (tertiary alicyclic amines) is 1. The average molecular weight is 485 g/mol. The van der Waals surface area contributed by atoms with Crippen molar-refractivity contribution in [2.45, 2.75) is 24.5 Å². The third kappa shape index (κ3) is 3.83. The van der Waals surface area contributed by atoms with E-state index in [9.17, 15) is 29.4 Å². The number of carbonyl (C=O) groups is 4. The average Bonchev–Trinajstić information content (AvgIpc) is 3.35. The normalized spacial score (nSPS) is 25.1. The molecule has 2 aliphatic heterocycles. The molecule has 2 aromatic carbocycles. The number of rotatable bonds is 7. The number of aliphatic carboxylic acids is 2. The summed E-state index contributed by atoms with van der Waals surface area (Å²) < 4.78 is 0. The van der Waals surface area contributed by atoms with E-state index in [1.165, 1.54) is 6.20 Å². The van der Waals surface area contributed by atoms with E-state index in [2.05, 4.69) is 10.3 Å². The number of carboxylic acid groups (broad SMARTS) is 2. The van der Waals surface area contributed by atoms with E-state index < -0.39 is 53.6 Å². The van der Waals surface area contributed by atoms with Crippen LogP contribution in [-0.2, 0) is 25.7 Å². The fourth-order valence-electron chi connectivity index (χ4n) is 5.35. The SMILES string of the molecule is O=C(O)CC1(C(=O)O)NC(c2ccc(-c3ccccc3)cc2)C2C(=O)N(Cc3ccccn3)C(=O)C21. The van der Waals surface area contributed by atoms with Crippen LogP contribution in [0.25, 0.3) is 11.1 Å². The van der Waals surface area contributed by atoms with E-state index in [0.717, 1.165) is 16.0 Å². The molecule has 2 saturated heterocycles. The minimum Gasteiger partial charge on any atom is -0.481 e. The zero-order valence-electron chi connectivity index (χ0n) is 19.1. The van der Waals surface area contributed by atoms with Gasteiger partial charge in [0.1, 0.15) is 5.54 Å². The number of nitrogens with one attached hydrogen (secondary N) is 1. The summed E-state index contributed by atoms with van der Waals surface area (Å²) in [6.07, 6.45) is 0.685. The molecule has 5 rings (SSSR count). The fourth-order valence-corrected chi connectivity index (χ4v) is 5.35. The Morgan fingerprint density at radius 1 is 0.889 bits per heavy atom. The number of carbonyl (C=O) groups excluding carboxylic acids is 2. The number of nitrogens with zero attached hydrogens (tertiary/aromatic N) is 2. The van der Waals surface area contributed by atoms with Gasteiger partial charge in [-0.2, -0.15) is 0 Å². The molecule has 9 heteroatoms. The molecule has 9 nitrogen and oxygen atoms in total. The standard InChI is InChI=1S/C27H23N3O6/c31-20(32)14-27(26(35)36)22-21(24(33)30(25(22)34)15-19-8-4-5-13-28-19)23(29-27)18-11-9-17(10-12-18)16-6-2-1-3-7-16/h1-13,21-23,29H,14-15H2,(H,31,32)(H,35,36). The first kappa shape index (κ1) is 23.4. The first-order valence-electron chi connectivity index (χ1n) is 11.5. The van der Waals surface area contributed by atoms with E-state index in [-0.39, 0.29) is 6.54 Å². The Morgan fingerprint density at radius 3 is 2.17 bits per heavy atom. The predicted molar refractivity (Wildman–Crippen MR) is 127 cm³/mol. The quantitative estimate of drug-likeness (QED) is 0.434. The van der Waals surface area contributed by atoms with Crippen molar-refractivity contribution in [2.75, 3.05) is 0 Å². The summed E-state index contributed by atoms with van der Waals surface area (Å²) in [6.45, 7) is -0.117. The highest BCUT2D eigenvalue weighted by Gasteiger charge is 2.69. The number of imide groups is 1. The maximum Gasteiger partial charge on any atom is 0.325 e. The summed E-state index contributed by atoms with van der Waals surface area (Å²) in [5.74, 6) is -6.57. The van der Waals surface area contributed by atoms with Gasteiger partial charge in [-0.05, 0) is 28.8 Å². The second kappa shape index (κ2) is 9.01. The van der Waals surface area contributed by atoms with Gasteiger partial charge < -0.3 is 10.2 Å². The zero-order valence-corrected chi connectivity index (χ0v) is 19.1. The molecule has 182 valence electrons. The van der Waals surface area contributed by atoms with Crippen LogP contribution in [0, 0.1) is 11.8 Å². The second-order valence-electron chi connectivity index (χ2n) is 9.04. The van der Waals surface area contributed by atoms with Crippen molar-refractivity contribution in [3.63, 3.8) is 0 Å². The van der Waals surface area contributed by atoms with Gasteiger partial charge >= 0.3 is 11.9 Å². The van der Waals surface area contributed by atoms with Gasteiger partial charge in [0.05, 0.1) is 30.5 Å². The lowest BCUT2D eigenvalue weighted by atomic mass is 9.77. The van der Waals surface area contributed by atoms with E-state index in [1.54, 1.807) is 30.3 Å². The molecule has 2 aliphatic rings. The van der Waals surface area contributed by atoms with E-state index in [0.29, 0.717) is 11.3 Å². The molecular formula is C27H23N3O6. The lowest BCUT2D eigenvalue weighted by Gasteiger charge is -2.29. The summed E-state index contributed by atoms with van der Waals surface area (Å²) in [5, 5.41) is 22.6. The van der Waals surface area contributed by atoms with Crippen LogP contribution in [0.15, 0.2) is 79.0 Å². The molecule has 0 bridgehead atoms. The lowest BCUT2D eigenvalue weighted by molar-refractivity contribution is -0.156. The number of pyridine rings is 1. The maximum atomic E-state index is 13.6. The Labute approximate surface area is 206 Å². The van der Waals surface area contributed by atoms with Crippen molar-refractivity contribution in [3.8, 4) is 11.1 Å². The number of amides is 2. The summed E-state index contributed by atoms with van der Waals surface area (Å²) in [5.41, 5.74) is 0.842. The van der Waals surface area contributed by atoms with Crippen LogP contribution in [-0.4, -0.2) is 49.4 Å². The summed E-state index contributed by atoms with van der Waals surface area (Å²) >= 11 is 0. The molecule has 36 heavy (non-hydrogen) atoms. The van der Waals surface area contributed by atoms with Crippen LogP contribution < -0.4 is 5.32 Å². The van der Waals surface area contributed by atoms with Crippen LogP contribution in [0.1, 0.15) is 23.7 Å². The number of hydrogen-bond acceptors (Lipinski definition) is 6. The molecule has 4 atom stereocenters. The van der Waals surface area contributed by atoms with Gasteiger partial charge in [0, 0.05) is 12.2 Å². The fraction of sp³-hybridized carbons (Fsp3) is 0.222. The molecule has 1 aromatic heterocycles. The maximum absolute atomic E-state index is 13.6.